The number of carbonyl (C=O) groups excluding carboxylic acids is 1. The van der Waals surface area contributed by atoms with Crippen LogP contribution in [0.5, 0.6) is 0 Å². The van der Waals surface area contributed by atoms with Crippen molar-refractivity contribution < 1.29 is 14.1 Å². The van der Waals surface area contributed by atoms with Gasteiger partial charge < -0.3 is 14.2 Å². The fourth-order valence-corrected chi connectivity index (χ4v) is 2.47. The van der Waals surface area contributed by atoms with E-state index < -0.39 is 0 Å². The predicted octanol–water partition coefficient (Wildman–Crippen LogP) is 1.59. The number of amides is 1. The number of carbonyl (C=O) groups is 1. The van der Waals surface area contributed by atoms with E-state index in [0.717, 1.165) is 18.7 Å². The zero-order valence-corrected chi connectivity index (χ0v) is 12.5. The highest BCUT2D eigenvalue weighted by atomic mass is 16.5. The van der Waals surface area contributed by atoms with E-state index in [0.29, 0.717) is 31.8 Å². The van der Waals surface area contributed by atoms with Crippen LogP contribution in [0.3, 0.4) is 0 Å². The van der Waals surface area contributed by atoms with Gasteiger partial charge in [-0.25, -0.2) is 0 Å². The Bertz CT molecular complexity index is 437. The lowest BCUT2D eigenvalue weighted by molar-refractivity contribution is -0.143. The summed E-state index contributed by atoms with van der Waals surface area (Å²) < 4.78 is 10.8. The normalized spacial score (nSPS) is 23.1. The first-order valence-corrected chi connectivity index (χ1v) is 7.33. The van der Waals surface area contributed by atoms with Crippen molar-refractivity contribution in [2.75, 3.05) is 13.1 Å². The molecule has 1 aliphatic heterocycles. The minimum Gasteiger partial charge on any atom is -0.372 e. The molecule has 0 N–H and O–H groups in total. The minimum absolute atomic E-state index is 0.0993. The fourth-order valence-electron chi connectivity index (χ4n) is 2.47. The molecule has 1 fully saturated rings. The molecule has 0 spiro atoms. The summed E-state index contributed by atoms with van der Waals surface area (Å²) in [6.07, 6.45) is 2.92. The number of hydrogen-bond acceptors (Lipinski definition) is 5. The molecule has 2 heterocycles. The van der Waals surface area contributed by atoms with Crippen LogP contribution in [0, 0.1) is 0 Å². The Balaban J connectivity index is 1.81. The van der Waals surface area contributed by atoms with Crippen LogP contribution in [0.2, 0.25) is 0 Å². The Hall–Kier alpha value is -1.43. The maximum atomic E-state index is 12.2. The molecule has 0 aromatic carbocycles. The molecular formula is C14H23N3O3. The summed E-state index contributed by atoms with van der Waals surface area (Å²) in [4.78, 5) is 18.3. The third-order valence-electron chi connectivity index (χ3n) is 3.31. The van der Waals surface area contributed by atoms with Crippen LogP contribution in [-0.4, -0.2) is 46.2 Å². The van der Waals surface area contributed by atoms with E-state index in [-0.39, 0.29) is 18.1 Å². The van der Waals surface area contributed by atoms with Gasteiger partial charge in [0.25, 0.3) is 0 Å². The van der Waals surface area contributed by atoms with Gasteiger partial charge in [0.05, 0.1) is 12.2 Å². The van der Waals surface area contributed by atoms with Gasteiger partial charge in [0.2, 0.25) is 11.8 Å². The molecule has 1 aromatic rings. The molecule has 2 unspecified atom stereocenters. The molecule has 112 valence electrons. The van der Waals surface area contributed by atoms with Crippen molar-refractivity contribution in [1.29, 1.82) is 0 Å². The first-order chi connectivity index (χ1) is 9.58. The Morgan fingerprint density at radius 1 is 1.30 bits per heavy atom. The highest BCUT2D eigenvalue weighted by Crippen LogP contribution is 2.13. The van der Waals surface area contributed by atoms with Crippen molar-refractivity contribution in [3.63, 3.8) is 0 Å². The summed E-state index contributed by atoms with van der Waals surface area (Å²) in [5.74, 6) is 1.40. The topological polar surface area (TPSA) is 68.5 Å². The van der Waals surface area contributed by atoms with E-state index in [1.54, 1.807) is 0 Å². The van der Waals surface area contributed by atoms with Crippen LogP contribution in [0.25, 0.3) is 0 Å². The average Bonchev–Trinajstić information content (AvgIpc) is 2.83. The molecule has 0 radical (unpaired) electrons. The van der Waals surface area contributed by atoms with Gasteiger partial charge in [0, 0.05) is 32.4 Å². The standard InChI is InChI=1S/C14H23N3O3/c1-4-5-12-15-13(20-16-12)6-7-14(18)17-8-10(2)19-11(3)9-17/h10-11H,4-9H2,1-3H3. The maximum absolute atomic E-state index is 12.2. The first-order valence-electron chi connectivity index (χ1n) is 7.33. The van der Waals surface area contributed by atoms with Crippen molar-refractivity contribution in [1.82, 2.24) is 15.0 Å². The second-order valence-electron chi connectivity index (χ2n) is 5.41. The smallest absolute Gasteiger partial charge is 0.227 e. The zero-order valence-electron chi connectivity index (χ0n) is 12.5. The number of aromatic nitrogens is 2. The molecule has 2 rings (SSSR count). The van der Waals surface area contributed by atoms with Gasteiger partial charge in [-0.05, 0) is 20.3 Å². The molecule has 6 nitrogen and oxygen atoms in total. The lowest BCUT2D eigenvalue weighted by atomic mass is 10.2. The Kier molecular flexibility index (Phi) is 5.11. The van der Waals surface area contributed by atoms with Crippen molar-refractivity contribution >= 4 is 5.91 Å². The zero-order chi connectivity index (χ0) is 14.5. The minimum atomic E-state index is 0.0993. The van der Waals surface area contributed by atoms with E-state index in [4.69, 9.17) is 9.26 Å². The molecule has 2 atom stereocenters. The number of aryl methyl sites for hydroxylation is 2. The second-order valence-corrected chi connectivity index (χ2v) is 5.41. The number of ether oxygens (including phenoxy) is 1. The van der Waals surface area contributed by atoms with Gasteiger partial charge in [0.1, 0.15) is 0 Å². The molecular weight excluding hydrogens is 258 g/mol. The molecule has 1 aliphatic rings. The Morgan fingerprint density at radius 3 is 2.65 bits per heavy atom. The molecule has 0 saturated carbocycles. The molecule has 0 bridgehead atoms. The lowest BCUT2D eigenvalue weighted by Gasteiger charge is -2.35. The summed E-state index contributed by atoms with van der Waals surface area (Å²) in [6.45, 7) is 7.37. The first kappa shape index (κ1) is 15.0. The highest BCUT2D eigenvalue weighted by molar-refractivity contribution is 5.76. The lowest BCUT2D eigenvalue weighted by Crippen LogP contribution is -2.48. The van der Waals surface area contributed by atoms with E-state index in [9.17, 15) is 4.79 Å². The maximum Gasteiger partial charge on any atom is 0.227 e. The van der Waals surface area contributed by atoms with E-state index in [1.807, 2.05) is 18.7 Å². The molecule has 0 aliphatic carbocycles. The summed E-state index contributed by atoms with van der Waals surface area (Å²) in [7, 11) is 0. The highest BCUT2D eigenvalue weighted by Gasteiger charge is 2.25. The van der Waals surface area contributed by atoms with Crippen LogP contribution in [0.15, 0.2) is 4.52 Å². The van der Waals surface area contributed by atoms with Gasteiger partial charge in [-0.1, -0.05) is 12.1 Å². The summed E-state index contributed by atoms with van der Waals surface area (Å²) in [5.41, 5.74) is 0. The van der Waals surface area contributed by atoms with E-state index in [1.165, 1.54) is 0 Å². The summed E-state index contributed by atoms with van der Waals surface area (Å²) >= 11 is 0. The summed E-state index contributed by atoms with van der Waals surface area (Å²) in [5, 5.41) is 3.89. The number of rotatable bonds is 5. The molecule has 1 aromatic heterocycles. The van der Waals surface area contributed by atoms with Crippen molar-refractivity contribution in [3.05, 3.63) is 11.7 Å². The van der Waals surface area contributed by atoms with Crippen molar-refractivity contribution in [2.45, 2.75) is 58.7 Å². The average molecular weight is 281 g/mol. The van der Waals surface area contributed by atoms with Gasteiger partial charge in [0.15, 0.2) is 5.82 Å². The van der Waals surface area contributed by atoms with Gasteiger partial charge >= 0.3 is 0 Å². The van der Waals surface area contributed by atoms with E-state index >= 15 is 0 Å². The summed E-state index contributed by atoms with van der Waals surface area (Å²) in [6, 6.07) is 0. The van der Waals surface area contributed by atoms with Crippen LogP contribution >= 0.6 is 0 Å². The van der Waals surface area contributed by atoms with Crippen molar-refractivity contribution in [2.24, 2.45) is 0 Å². The molecule has 6 heteroatoms. The number of nitrogens with zero attached hydrogens (tertiary/aromatic N) is 3. The van der Waals surface area contributed by atoms with Crippen LogP contribution in [0.1, 0.15) is 45.3 Å². The van der Waals surface area contributed by atoms with Crippen molar-refractivity contribution in [3.8, 4) is 0 Å². The van der Waals surface area contributed by atoms with E-state index in [2.05, 4.69) is 17.1 Å². The molecule has 20 heavy (non-hydrogen) atoms. The van der Waals surface area contributed by atoms with Crippen LogP contribution in [-0.2, 0) is 22.4 Å². The number of morpholine rings is 1. The van der Waals surface area contributed by atoms with Gasteiger partial charge in [-0.2, -0.15) is 4.98 Å². The second kappa shape index (κ2) is 6.83. The van der Waals surface area contributed by atoms with Gasteiger partial charge in [-0.15, -0.1) is 0 Å². The SMILES string of the molecule is CCCc1noc(CCC(=O)N2CC(C)OC(C)C2)n1. The monoisotopic (exact) mass is 281 g/mol. The molecule has 1 amide bonds. The quantitative estimate of drug-likeness (QED) is 0.820. The van der Waals surface area contributed by atoms with Gasteiger partial charge in [-0.3, -0.25) is 4.79 Å². The van der Waals surface area contributed by atoms with Crippen LogP contribution < -0.4 is 0 Å². The predicted molar refractivity (Wildman–Crippen MR) is 73.2 cm³/mol. The third kappa shape index (κ3) is 4.03. The number of hydrogen-bond donors (Lipinski definition) is 0. The van der Waals surface area contributed by atoms with Crippen LogP contribution in [0.4, 0.5) is 0 Å². The third-order valence-corrected chi connectivity index (χ3v) is 3.31. The Morgan fingerprint density at radius 2 is 2.00 bits per heavy atom. The fraction of sp³-hybridized carbons (Fsp3) is 0.786. The largest absolute Gasteiger partial charge is 0.372 e. The molecule has 1 saturated heterocycles. The Labute approximate surface area is 119 Å².